The largest absolute Gasteiger partial charge is 0.325 e. The average molecular weight is 175 g/mol. The first-order valence-corrected chi connectivity index (χ1v) is 4.93. The molecule has 1 aliphatic carbocycles. The molecule has 2 rings (SSSR count). The van der Waals surface area contributed by atoms with Gasteiger partial charge >= 0.3 is 0 Å². The van der Waals surface area contributed by atoms with Crippen LogP contribution in [-0.4, -0.2) is 5.54 Å². The standard InChI is InChI=1S/C12H17N/c1-12(2,13)11-8-10(11)9-6-4-3-5-7-9/h3-7,10-11H,8,13H2,1-2H3. The molecule has 0 heterocycles. The third-order valence-corrected chi connectivity index (χ3v) is 2.97. The van der Waals surface area contributed by atoms with E-state index in [1.165, 1.54) is 12.0 Å². The molecule has 1 aromatic carbocycles. The molecule has 1 nitrogen and oxygen atoms in total. The molecular weight excluding hydrogens is 158 g/mol. The molecule has 2 unspecified atom stereocenters. The van der Waals surface area contributed by atoms with Crippen LogP contribution in [0, 0.1) is 5.92 Å². The molecule has 1 saturated carbocycles. The van der Waals surface area contributed by atoms with Gasteiger partial charge in [0, 0.05) is 5.54 Å². The number of hydrogen-bond donors (Lipinski definition) is 1. The first kappa shape index (κ1) is 8.76. The summed E-state index contributed by atoms with van der Waals surface area (Å²) in [5.74, 6) is 1.39. The highest BCUT2D eigenvalue weighted by Gasteiger charge is 2.46. The topological polar surface area (TPSA) is 26.0 Å². The fourth-order valence-electron chi connectivity index (χ4n) is 2.09. The number of benzene rings is 1. The Balaban J connectivity index is 2.09. The normalized spacial score (nSPS) is 27.3. The minimum Gasteiger partial charge on any atom is -0.325 e. The summed E-state index contributed by atoms with van der Waals surface area (Å²) in [5.41, 5.74) is 7.51. The van der Waals surface area contributed by atoms with Crippen LogP contribution in [0.5, 0.6) is 0 Å². The van der Waals surface area contributed by atoms with Crippen molar-refractivity contribution in [3.05, 3.63) is 35.9 Å². The predicted molar refractivity (Wildman–Crippen MR) is 55.6 cm³/mol. The van der Waals surface area contributed by atoms with Crippen LogP contribution in [0.1, 0.15) is 31.7 Å². The zero-order valence-corrected chi connectivity index (χ0v) is 8.33. The molecule has 13 heavy (non-hydrogen) atoms. The van der Waals surface area contributed by atoms with E-state index < -0.39 is 0 Å². The van der Waals surface area contributed by atoms with Gasteiger partial charge in [0.2, 0.25) is 0 Å². The second kappa shape index (κ2) is 2.85. The van der Waals surface area contributed by atoms with Crippen LogP contribution in [0.25, 0.3) is 0 Å². The Labute approximate surface area is 80.0 Å². The Hall–Kier alpha value is -0.820. The first-order valence-electron chi connectivity index (χ1n) is 4.93. The van der Waals surface area contributed by atoms with Gasteiger partial charge in [-0.05, 0) is 37.7 Å². The van der Waals surface area contributed by atoms with Crippen molar-refractivity contribution in [2.24, 2.45) is 11.7 Å². The van der Waals surface area contributed by atoms with E-state index in [4.69, 9.17) is 5.73 Å². The number of nitrogens with two attached hydrogens (primary N) is 1. The predicted octanol–water partition coefficient (Wildman–Crippen LogP) is 2.53. The monoisotopic (exact) mass is 175 g/mol. The highest BCUT2D eigenvalue weighted by molar-refractivity contribution is 5.27. The van der Waals surface area contributed by atoms with Gasteiger partial charge in [-0.3, -0.25) is 0 Å². The van der Waals surface area contributed by atoms with E-state index in [9.17, 15) is 0 Å². The van der Waals surface area contributed by atoms with Gasteiger partial charge in [-0.2, -0.15) is 0 Å². The van der Waals surface area contributed by atoms with Gasteiger partial charge in [0.1, 0.15) is 0 Å². The van der Waals surface area contributed by atoms with Gasteiger partial charge in [0.05, 0.1) is 0 Å². The fraction of sp³-hybridized carbons (Fsp3) is 0.500. The molecule has 0 radical (unpaired) electrons. The molecule has 1 aliphatic rings. The molecule has 0 spiro atoms. The highest BCUT2D eigenvalue weighted by atomic mass is 14.8. The molecule has 1 aromatic rings. The van der Waals surface area contributed by atoms with Gasteiger partial charge in [0.15, 0.2) is 0 Å². The van der Waals surface area contributed by atoms with E-state index in [-0.39, 0.29) is 5.54 Å². The molecule has 0 aliphatic heterocycles. The molecule has 2 N–H and O–H groups in total. The summed E-state index contributed by atoms with van der Waals surface area (Å²) in [6.07, 6.45) is 1.26. The van der Waals surface area contributed by atoms with E-state index in [1.807, 2.05) is 0 Å². The van der Waals surface area contributed by atoms with Gasteiger partial charge in [-0.1, -0.05) is 30.3 Å². The zero-order valence-electron chi connectivity index (χ0n) is 8.33. The van der Waals surface area contributed by atoms with Crippen LogP contribution in [0.3, 0.4) is 0 Å². The van der Waals surface area contributed by atoms with Gasteiger partial charge in [-0.25, -0.2) is 0 Å². The summed E-state index contributed by atoms with van der Waals surface area (Å²) in [6.45, 7) is 4.25. The van der Waals surface area contributed by atoms with Crippen molar-refractivity contribution in [3.63, 3.8) is 0 Å². The maximum atomic E-state index is 6.07. The fourth-order valence-corrected chi connectivity index (χ4v) is 2.09. The van der Waals surface area contributed by atoms with E-state index in [1.54, 1.807) is 0 Å². The first-order chi connectivity index (χ1) is 6.09. The lowest BCUT2D eigenvalue weighted by atomic mass is 9.96. The SMILES string of the molecule is CC(C)(N)C1CC1c1ccccc1. The Morgan fingerprint density at radius 1 is 1.23 bits per heavy atom. The van der Waals surface area contributed by atoms with Crippen molar-refractivity contribution in [2.45, 2.75) is 31.7 Å². The molecule has 70 valence electrons. The van der Waals surface area contributed by atoms with Crippen LogP contribution in [0.2, 0.25) is 0 Å². The van der Waals surface area contributed by atoms with Crippen molar-refractivity contribution >= 4 is 0 Å². The van der Waals surface area contributed by atoms with E-state index >= 15 is 0 Å². The molecule has 1 fully saturated rings. The van der Waals surface area contributed by atoms with Crippen molar-refractivity contribution in [2.75, 3.05) is 0 Å². The summed E-state index contributed by atoms with van der Waals surface area (Å²) in [4.78, 5) is 0. The number of hydrogen-bond acceptors (Lipinski definition) is 1. The van der Waals surface area contributed by atoms with Crippen LogP contribution in [0.4, 0.5) is 0 Å². The van der Waals surface area contributed by atoms with Gasteiger partial charge in [0.25, 0.3) is 0 Å². The summed E-state index contributed by atoms with van der Waals surface area (Å²) in [7, 11) is 0. The lowest BCUT2D eigenvalue weighted by Gasteiger charge is -2.18. The minimum absolute atomic E-state index is 0.0134. The van der Waals surface area contributed by atoms with Gasteiger partial charge < -0.3 is 5.73 Å². The maximum Gasteiger partial charge on any atom is 0.0131 e. The van der Waals surface area contributed by atoms with Crippen molar-refractivity contribution in [1.82, 2.24) is 0 Å². The van der Waals surface area contributed by atoms with Crippen LogP contribution < -0.4 is 5.73 Å². The van der Waals surface area contributed by atoms with Crippen molar-refractivity contribution in [1.29, 1.82) is 0 Å². The van der Waals surface area contributed by atoms with E-state index in [0.717, 1.165) is 0 Å². The zero-order chi connectivity index (χ0) is 9.47. The molecule has 0 amide bonds. The second-order valence-electron chi connectivity index (χ2n) is 4.68. The Morgan fingerprint density at radius 3 is 2.31 bits per heavy atom. The molecule has 1 heteroatoms. The Bertz CT molecular complexity index is 284. The van der Waals surface area contributed by atoms with Crippen LogP contribution >= 0.6 is 0 Å². The third kappa shape index (κ3) is 1.75. The summed E-state index contributed by atoms with van der Waals surface area (Å²) in [5, 5.41) is 0. The quantitative estimate of drug-likeness (QED) is 0.734. The Kier molecular flexibility index (Phi) is 1.92. The van der Waals surface area contributed by atoms with Crippen LogP contribution in [-0.2, 0) is 0 Å². The van der Waals surface area contributed by atoms with Crippen molar-refractivity contribution in [3.8, 4) is 0 Å². The third-order valence-electron chi connectivity index (χ3n) is 2.97. The smallest absolute Gasteiger partial charge is 0.0131 e. The molecule has 2 atom stereocenters. The summed E-state index contributed by atoms with van der Waals surface area (Å²) in [6, 6.07) is 10.7. The highest BCUT2D eigenvalue weighted by Crippen LogP contribution is 2.52. The van der Waals surface area contributed by atoms with E-state index in [0.29, 0.717) is 11.8 Å². The summed E-state index contributed by atoms with van der Waals surface area (Å²) < 4.78 is 0. The lowest BCUT2D eigenvalue weighted by Crippen LogP contribution is -2.34. The van der Waals surface area contributed by atoms with Gasteiger partial charge in [-0.15, -0.1) is 0 Å². The lowest BCUT2D eigenvalue weighted by molar-refractivity contribution is 0.442. The van der Waals surface area contributed by atoms with E-state index in [2.05, 4.69) is 44.2 Å². The molecular formula is C12H17N. The van der Waals surface area contributed by atoms with Crippen molar-refractivity contribution < 1.29 is 0 Å². The second-order valence-corrected chi connectivity index (χ2v) is 4.68. The molecule has 0 bridgehead atoms. The number of rotatable bonds is 2. The Morgan fingerprint density at radius 2 is 1.85 bits per heavy atom. The average Bonchev–Trinajstić information content (AvgIpc) is 2.83. The molecule has 0 aromatic heterocycles. The maximum absolute atomic E-state index is 6.07. The minimum atomic E-state index is -0.0134. The molecule has 0 saturated heterocycles. The van der Waals surface area contributed by atoms with Crippen LogP contribution in [0.15, 0.2) is 30.3 Å². The summed E-state index contributed by atoms with van der Waals surface area (Å²) >= 11 is 0.